The lowest BCUT2D eigenvalue weighted by Gasteiger charge is -2.34. The molecule has 0 amide bonds. The highest BCUT2D eigenvalue weighted by Crippen LogP contribution is 2.29. The SMILES string of the molecule is FC(F)(F)c1cccc(CN2CCN(Cc3ccc(Cl)nc3)CC2)c1. The Labute approximate surface area is 150 Å². The molecule has 134 valence electrons. The highest BCUT2D eigenvalue weighted by molar-refractivity contribution is 6.29. The molecule has 0 radical (unpaired) electrons. The first-order valence-corrected chi connectivity index (χ1v) is 8.49. The summed E-state index contributed by atoms with van der Waals surface area (Å²) >= 11 is 5.79. The number of hydrogen-bond donors (Lipinski definition) is 0. The van der Waals surface area contributed by atoms with Gasteiger partial charge in [0.25, 0.3) is 0 Å². The third-order valence-electron chi connectivity index (χ3n) is 4.32. The van der Waals surface area contributed by atoms with Gasteiger partial charge < -0.3 is 0 Å². The second-order valence-electron chi connectivity index (χ2n) is 6.24. The fourth-order valence-electron chi connectivity index (χ4n) is 2.97. The smallest absolute Gasteiger partial charge is 0.297 e. The van der Waals surface area contributed by atoms with Crippen molar-refractivity contribution in [2.24, 2.45) is 0 Å². The lowest BCUT2D eigenvalue weighted by atomic mass is 10.1. The highest BCUT2D eigenvalue weighted by Gasteiger charge is 2.30. The topological polar surface area (TPSA) is 19.4 Å². The molecule has 7 heteroatoms. The van der Waals surface area contributed by atoms with Crippen molar-refractivity contribution in [3.63, 3.8) is 0 Å². The van der Waals surface area contributed by atoms with Gasteiger partial charge in [-0.25, -0.2) is 4.98 Å². The fraction of sp³-hybridized carbons (Fsp3) is 0.389. The van der Waals surface area contributed by atoms with Crippen LogP contribution in [0.5, 0.6) is 0 Å². The van der Waals surface area contributed by atoms with Gasteiger partial charge in [-0.3, -0.25) is 9.80 Å². The van der Waals surface area contributed by atoms with Crippen LogP contribution in [0, 0.1) is 0 Å². The maximum Gasteiger partial charge on any atom is 0.416 e. The minimum atomic E-state index is -4.29. The Morgan fingerprint density at radius 2 is 1.56 bits per heavy atom. The van der Waals surface area contributed by atoms with Crippen LogP contribution in [0.2, 0.25) is 5.15 Å². The summed E-state index contributed by atoms with van der Waals surface area (Å²) in [6.45, 7) is 4.76. The first-order chi connectivity index (χ1) is 11.9. The molecule has 1 aromatic heterocycles. The zero-order valence-electron chi connectivity index (χ0n) is 13.6. The van der Waals surface area contributed by atoms with E-state index in [0.717, 1.165) is 44.4 Å². The predicted molar refractivity (Wildman–Crippen MR) is 91.2 cm³/mol. The van der Waals surface area contributed by atoms with Crippen molar-refractivity contribution in [1.29, 1.82) is 0 Å². The van der Waals surface area contributed by atoms with Gasteiger partial charge in [0.05, 0.1) is 5.56 Å². The molecule has 3 rings (SSSR count). The first-order valence-electron chi connectivity index (χ1n) is 8.11. The van der Waals surface area contributed by atoms with E-state index in [1.807, 2.05) is 6.07 Å². The van der Waals surface area contributed by atoms with Crippen LogP contribution in [0.1, 0.15) is 16.7 Å². The molecule has 2 aromatic rings. The lowest BCUT2D eigenvalue weighted by Crippen LogP contribution is -2.45. The van der Waals surface area contributed by atoms with E-state index in [1.165, 1.54) is 12.1 Å². The van der Waals surface area contributed by atoms with Crippen LogP contribution in [-0.2, 0) is 19.3 Å². The molecule has 0 atom stereocenters. The van der Waals surface area contributed by atoms with E-state index in [-0.39, 0.29) is 0 Å². The molecule has 25 heavy (non-hydrogen) atoms. The number of rotatable bonds is 4. The van der Waals surface area contributed by atoms with Crippen LogP contribution >= 0.6 is 11.6 Å². The number of benzene rings is 1. The minimum Gasteiger partial charge on any atom is -0.297 e. The van der Waals surface area contributed by atoms with Crippen molar-refractivity contribution < 1.29 is 13.2 Å². The van der Waals surface area contributed by atoms with Gasteiger partial charge in [0.1, 0.15) is 5.15 Å². The molecule has 1 aliphatic rings. The summed E-state index contributed by atoms with van der Waals surface area (Å²) in [5, 5.41) is 0.481. The molecule has 0 unspecified atom stereocenters. The Bertz CT molecular complexity index is 695. The number of nitrogens with zero attached hydrogens (tertiary/aromatic N) is 3. The predicted octanol–water partition coefficient (Wildman–Crippen LogP) is 4.07. The molecule has 1 aromatic carbocycles. The maximum absolute atomic E-state index is 12.8. The molecule has 0 N–H and O–H groups in total. The molecule has 1 aliphatic heterocycles. The normalized spacial score (nSPS) is 17.0. The molecule has 0 spiro atoms. The standard InChI is InChI=1S/C18H19ClF3N3/c19-17-5-4-15(11-23-17)13-25-8-6-24(7-9-25)12-14-2-1-3-16(10-14)18(20,21)22/h1-5,10-11H,6-9,12-13H2. The number of alkyl halides is 3. The summed E-state index contributed by atoms with van der Waals surface area (Å²) in [5.41, 5.74) is 1.22. The monoisotopic (exact) mass is 369 g/mol. The average Bonchev–Trinajstić information content (AvgIpc) is 2.58. The molecular formula is C18H19ClF3N3. The number of aromatic nitrogens is 1. The van der Waals surface area contributed by atoms with Gasteiger partial charge in [0.2, 0.25) is 0 Å². The minimum absolute atomic E-state index is 0.481. The molecule has 0 aliphatic carbocycles. The van der Waals surface area contributed by atoms with Crippen molar-refractivity contribution >= 4 is 11.6 Å². The number of piperazine rings is 1. The number of halogens is 4. The summed E-state index contributed by atoms with van der Waals surface area (Å²) in [4.78, 5) is 8.58. The average molecular weight is 370 g/mol. The molecule has 2 heterocycles. The lowest BCUT2D eigenvalue weighted by molar-refractivity contribution is -0.137. The van der Waals surface area contributed by atoms with Crippen molar-refractivity contribution in [3.8, 4) is 0 Å². The van der Waals surface area contributed by atoms with Crippen LogP contribution in [0.4, 0.5) is 13.2 Å². The Balaban J connectivity index is 1.52. The highest BCUT2D eigenvalue weighted by atomic mass is 35.5. The van der Waals surface area contributed by atoms with E-state index < -0.39 is 11.7 Å². The summed E-state index contributed by atoms with van der Waals surface area (Å²) in [6.07, 6.45) is -2.52. The van der Waals surface area contributed by atoms with Crippen LogP contribution < -0.4 is 0 Å². The van der Waals surface area contributed by atoms with Crippen molar-refractivity contribution in [2.75, 3.05) is 26.2 Å². The van der Waals surface area contributed by atoms with E-state index in [4.69, 9.17) is 11.6 Å². The quantitative estimate of drug-likeness (QED) is 0.757. The number of pyridine rings is 1. The van der Waals surface area contributed by atoms with Gasteiger partial charge in [-0.1, -0.05) is 35.9 Å². The third kappa shape index (κ3) is 5.17. The second kappa shape index (κ2) is 7.72. The summed E-state index contributed by atoms with van der Waals surface area (Å²) < 4.78 is 38.4. The maximum atomic E-state index is 12.8. The van der Waals surface area contributed by atoms with E-state index in [9.17, 15) is 13.2 Å². The molecule has 0 bridgehead atoms. The molecular weight excluding hydrogens is 351 g/mol. The van der Waals surface area contributed by atoms with Crippen LogP contribution in [0.15, 0.2) is 42.6 Å². The summed E-state index contributed by atoms with van der Waals surface area (Å²) in [5.74, 6) is 0. The van der Waals surface area contributed by atoms with Crippen molar-refractivity contribution in [2.45, 2.75) is 19.3 Å². The van der Waals surface area contributed by atoms with E-state index in [0.29, 0.717) is 17.3 Å². The van der Waals surface area contributed by atoms with Crippen molar-refractivity contribution in [3.05, 3.63) is 64.4 Å². The molecule has 3 nitrogen and oxygen atoms in total. The van der Waals surface area contributed by atoms with Crippen LogP contribution in [0.25, 0.3) is 0 Å². The first kappa shape index (κ1) is 18.2. The number of hydrogen-bond acceptors (Lipinski definition) is 3. The largest absolute Gasteiger partial charge is 0.416 e. The van der Waals surface area contributed by atoms with Gasteiger partial charge in [-0.2, -0.15) is 13.2 Å². The van der Waals surface area contributed by atoms with E-state index in [1.54, 1.807) is 18.3 Å². The fourth-order valence-corrected chi connectivity index (χ4v) is 3.08. The van der Waals surface area contributed by atoms with Crippen LogP contribution in [-0.4, -0.2) is 41.0 Å². The Morgan fingerprint density at radius 1 is 0.920 bits per heavy atom. The Hall–Kier alpha value is -1.63. The van der Waals surface area contributed by atoms with Crippen molar-refractivity contribution in [1.82, 2.24) is 14.8 Å². The van der Waals surface area contributed by atoms with Crippen LogP contribution in [0.3, 0.4) is 0 Å². The summed E-state index contributed by atoms with van der Waals surface area (Å²) in [7, 11) is 0. The molecule has 1 fully saturated rings. The second-order valence-corrected chi connectivity index (χ2v) is 6.63. The summed E-state index contributed by atoms with van der Waals surface area (Å²) in [6, 6.07) is 9.32. The van der Waals surface area contributed by atoms with Gasteiger partial charge in [0.15, 0.2) is 0 Å². The van der Waals surface area contributed by atoms with Gasteiger partial charge in [-0.05, 0) is 23.3 Å². The molecule has 0 saturated carbocycles. The third-order valence-corrected chi connectivity index (χ3v) is 4.54. The van der Waals surface area contributed by atoms with Gasteiger partial charge >= 0.3 is 6.18 Å². The van der Waals surface area contributed by atoms with Gasteiger partial charge in [-0.15, -0.1) is 0 Å². The van der Waals surface area contributed by atoms with Gasteiger partial charge in [0, 0.05) is 45.5 Å². The van der Waals surface area contributed by atoms with E-state index in [2.05, 4.69) is 14.8 Å². The zero-order chi connectivity index (χ0) is 17.9. The Morgan fingerprint density at radius 3 is 2.12 bits per heavy atom. The zero-order valence-corrected chi connectivity index (χ0v) is 14.4. The molecule has 1 saturated heterocycles. The Kier molecular flexibility index (Phi) is 5.61. The van der Waals surface area contributed by atoms with E-state index >= 15 is 0 Å².